The summed E-state index contributed by atoms with van der Waals surface area (Å²) in [5, 5.41) is 10.5. The third-order valence-corrected chi connectivity index (χ3v) is 3.77. The number of aromatic nitrogens is 1. The Morgan fingerprint density at radius 3 is 2.71 bits per heavy atom. The van der Waals surface area contributed by atoms with Crippen LogP contribution in [0.15, 0.2) is 18.3 Å². The monoisotopic (exact) mass is 234 g/mol. The molecule has 3 heterocycles. The number of hydrogen-bond acceptors (Lipinski definition) is 5. The first-order valence-electron chi connectivity index (χ1n) is 5.72. The first-order chi connectivity index (χ1) is 8.15. The van der Waals surface area contributed by atoms with Crippen LogP contribution in [0.1, 0.15) is 6.42 Å². The van der Waals surface area contributed by atoms with E-state index < -0.39 is 4.92 Å². The van der Waals surface area contributed by atoms with E-state index in [0.717, 1.165) is 18.8 Å². The van der Waals surface area contributed by atoms with Crippen molar-refractivity contribution in [2.45, 2.75) is 18.5 Å². The van der Waals surface area contributed by atoms with Crippen molar-refractivity contribution < 1.29 is 4.92 Å². The van der Waals surface area contributed by atoms with Crippen LogP contribution in [-0.2, 0) is 0 Å². The molecule has 6 nitrogen and oxygen atoms in total. The number of anilines is 1. The van der Waals surface area contributed by atoms with Crippen molar-refractivity contribution in [1.82, 2.24) is 9.88 Å². The maximum atomic E-state index is 10.5. The zero-order valence-corrected chi connectivity index (χ0v) is 9.61. The quantitative estimate of drug-likeness (QED) is 0.561. The lowest BCUT2D eigenvalue weighted by atomic mass is 10.2. The molecule has 0 N–H and O–H groups in total. The van der Waals surface area contributed by atoms with Gasteiger partial charge in [-0.15, -0.1) is 0 Å². The van der Waals surface area contributed by atoms with Gasteiger partial charge < -0.3 is 15.0 Å². The summed E-state index contributed by atoms with van der Waals surface area (Å²) < 4.78 is 0. The summed E-state index contributed by atoms with van der Waals surface area (Å²) in [7, 11) is 2.15. The van der Waals surface area contributed by atoms with Crippen LogP contribution in [0.4, 0.5) is 11.5 Å². The molecule has 0 aliphatic carbocycles. The number of nitro groups is 1. The van der Waals surface area contributed by atoms with Crippen molar-refractivity contribution in [3.8, 4) is 0 Å². The van der Waals surface area contributed by atoms with Crippen molar-refractivity contribution >= 4 is 11.5 Å². The summed E-state index contributed by atoms with van der Waals surface area (Å²) in [6.45, 7) is 2.07. The van der Waals surface area contributed by atoms with Gasteiger partial charge in [0.05, 0.1) is 5.69 Å². The molecule has 1 aromatic heterocycles. The highest BCUT2D eigenvalue weighted by Gasteiger charge is 2.41. The van der Waals surface area contributed by atoms with Crippen LogP contribution >= 0.6 is 0 Å². The Labute approximate surface area is 99.0 Å². The zero-order valence-electron chi connectivity index (χ0n) is 9.61. The maximum Gasteiger partial charge on any atom is 0.363 e. The van der Waals surface area contributed by atoms with Crippen molar-refractivity contribution in [1.29, 1.82) is 0 Å². The van der Waals surface area contributed by atoms with Crippen molar-refractivity contribution in [3.63, 3.8) is 0 Å². The normalized spacial score (nSPS) is 27.7. The molecular weight excluding hydrogens is 220 g/mol. The van der Waals surface area contributed by atoms with Gasteiger partial charge in [0.2, 0.25) is 0 Å². The second-order valence-corrected chi connectivity index (χ2v) is 4.77. The van der Waals surface area contributed by atoms with E-state index in [2.05, 4.69) is 21.8 Å². The highest BCUT2D eigenvalue weighted by molar-refractivity contribution is 5.50. The molecule has 0 radical (unpaired) electrons. The first-order valence-corrected chi connectivity index (χ1v) is 5.72. The summed E-state index contributed by atoms with van der Waals surface area (Å²) >= 11 is 0. The predicted molar refractivity (Wildman–Crippen MR) is 63.1 cm³/mol. The van der Waals surface area contributed by atoms with Crippen molar-refractivity contribution in [2.75, 3.05) is 25.0 Å². The summed E-state index contributed by atoms with van der Waals surface area (Å²) in [6, 6.07) is 4.43. The molecule has 2 bridgehead atoms. The van der Waals surface area contributed by atoms with Crippen LogP contribution in [-0.4, -0.2) is 47.0 Å². The fraction of sp³-hybridized carbons (Fsp3) is 0.545. The SMILES string of the molecule is CN1CC2CC1CN2c1ccc([N+](=O)[O-])nc1. The minimum Gasteiger partial charge on any atom is -0.363 e. The molecule has 0 amide bonds. The number of likely N-dealkylation sites (tertiary alicyclic amines) is 1. The minimum absolute atomic E-state index is 0.0878. The van der Waals surface area contributed by atoms with E-state index in [1.165, 1.54) is 12.5 Å². The Bertz CT molecular complexity index is 445. The Morgan fingerprint density at radius 2 is 2.24 bits per heavy atom. The number of piperazine rings is 1. The lowest BCUT2D eigenvalue weighted by Gasteiger charge is -2.32. The molecule has 0 saturated carbocycles. The van der Waals surface area contributed by atoms with Gasteiger partial charge in [-0.2, -0.15) is 0 Å². The molecule has 90 valence electrons. The molecule has 17 heavy (non-hydrogen) atoms. The van der Waals surface area contributed by atoms with Gasteiger partial charge in [0.25, 0.3) is 0 Å². The molecule has 3 rings (SSSR count). The van der Waals surface area contributed by atoms with Crippen molar-refractivity contribution in [3.05, 3.63) is 28.4 Å². The van der Waals surface area contributed by atoms with Crippen molar-refractivity contribution in [2.24, 2.45) is 0 Å². The number of hydrogen-bond donors (Lipinski definition) is 0. The molecule has 2 fully saturated rings. The Balaban J connectivity index is 1.80. The highest BCUT2D eigenvalue weighted by Crippen LogP contribution is 2.33. The smallest absolute Gasteiger partial charge is 0.363 e. The van der Waals surface area contributed by atoms with Gasteiger partial charge in [0.15, 0.2) is 6.20 Å². The van der Waals surface area contributed by atoms with Gasteiger partial charge in [0.1, 0.15) is 0 Å². The zero-order chi connectivity index (χ0) is 12.0. The van der Waals surface area contributed by atoms with Crippen LogP contribution < -0.4 is 4.90 Å². The van der Waals surface area contributed by atoms with E-state index in [9.17, 15) is 10.1 Å². The van der Waals surface area contributed by atoms with Gasteiger partial charge in [-0.25, -0.2) is 0 Å². The van der Waals surface area contributed by atoms with E-state index in [4.69, 9.17) is 0 Å². The Morgan fingerprint density at radius 1 is 1.41 bits per heavy atom. The van der Waals surface area contributed by atoms with E-state index in [1.807, 2.05) is 0 Å². The largest absolute Gasteiger partial charge is 0.363 e. The van der Waals surface area contributed by atoms with Gasteiger partial charge in [0, 0.05) is 31.2 Å². The average molecular weight is 234 g/mol. The third kappa shape index (κ3) is 1.64. The summed E-state index contributed by atoms with van der Waals surface area (Å²) in [6.07, 6.45) is 2.80. The topological polar surface area (TPSA) is 62.5 Å². The number of fused-ring (bicyclic) bond motifs is 2. The summed E-state index contributed by atoms with van der Waals surface area (Å²) in [4.78, 5) is 18.6. The molecule has 2 aliphatic heterocycles. The van der Waals surface area contributed by atoms with E-state index in [-0.39, 0.29) is 5.82 Å². The highest BCUT2D eigenvalue weighted by atomic mass is 16.6. The lowest BCUT2D eigenvalue weighted by Crippen LogP contribution is -2.44. The van der Waals surface area contributed by atoms with E-state index >= 15 is 0 Å². The molecular formula is C11H14N4O2. The fourth-order valence-electron chi connectivity index (χ4n) is 2.84. The van der Waals surface area contributed by atoms with Crippen LogP contribution in [0.25, 0.3) is 0 Å². The van der Waals surface area contributed by atoms with Gasteiger partial charge in [-0.3, -0.25) is 4.90 Å². The average Bonchev–Trinajstić information content (AvgIpc) is 2.87. The Hall–Kier alpha value is -1.69. The number of rotatable bonds is 2. The second-order valence-electron chi connectivity index (χ2n) is 4.77. The molecule has 2 saturated heterocycles. The molecule has 0 aromatic carbocycles. The second kappa shape index (κ2) is 3.66. The fourth-order valence-corrected chi connectivity index (χ4v) is 2.84. The van der Waals surface area contributed by atoms with E-state index in [0.29, 0.717) is 12.1 Å². The van der Waals surface area contributed by atoms with Crippen LogP contribution in [0, 0.1) is 10.1 Å². The standard InChI is InChI=1S/C11H14N4O2/c1-13-6-10-4-9(13)7-14(10)8-2-3-11(12-5-8)15(16)17/h2-3,5,9-10H,4,6-7H2,1H3. The molecule has 2 aliphatic rings. The predicted octanol–water partition coefficient (Wildman–Crippen LogP) is 0.882. The van der Waals surface area contributed by atoms with Gasteiger partial charge >= 0.3 is 5.82 Å². The third-order valence-electron chi connectivity index (χ3n) is 3.77. The first kappa shape index (κ1) is 10.5. The van der Waals surface area contributed by atoms with Crippen LogP contribution in [0.2, 0.25) is 0 Å². The summed E-state index contributed by atoms with van der Waals surface area (Å²) in [5.41, 5.74) is 0.996. The Kier molecular flexibility index (Phi) is 2.25. The minimum atomic E-state index is -0.465. The van der Waals surface area contributed by atoms with Crippen LogP contribution in [0.3, 0.4) is 0 Å². The molecule has 6 heteroatoms. The van der Waals surface area contributed by atoms with Gasteiger partial charge in [-0.1, -0.05) is 0 Å². The maximum absolute atomic E-state index is 10.5. The molecule has 1 aromatic rings. The molecule has 2 atom stereocenters. The van der Waals surface area contributed by atoms with Gasteiger partial charge in [-0.05, 0) is 29.4 Å². The van der Waals surface area contributed by atoms with Crippen LogP contribution in [0.5, 0.6) is 0 Å². The lowest BCUT2D eigenvalue weighted by molar-refractivity contribution is -0.389. The van der Waals surface area contributed by atoms with E-state index in [1.54, 1.807) is 12.3 Å². The number of pyridine rings is 1. The number of nitrogens with zero attached hydrogens (tertiary/aromatic N) is 4. The molecule has 0 spiro atoms. The molecule has 2 unspecified atom stereocenters. The summed E-state index contributed by atoms with van der Waals surface area (Å²) in [5.74, 6) is -0.0878. The number of likely N-dealkylation sites (N-methyl/N-ethyl adjacent to an activating group) is 1.